The number of rotatable bonds is 5. The van der Waals surface area contributed by atoms with Gasteiger partial charge in [0.15, 0.2) is 0 Å². The third kappa shape index (κ3) is 2.42. The molecule has 0 aliphatic rings. The molecule has 0 amide bonds. The Labute approximate surface area is 96.5 Å². The van der Waals surface area contributed by atoms with Crippen molar-refractivity contribution in [3.63, 3.8) is 0 Å². The second-order valence-corrected chi connectivity index (χ2v) is 4.14. The van der Waals surface area contributed by atoms with E-state index in [4.69, 9.17) is 0 Å². The Balaban J connectivity index is 2.02. The Kier molecular flexibility index (Phi) is 3.57. The number of aromatic nitrogens is 2. The van der Waals surface area contributed by atoms with Gasteiger partial charge >= 0.3 is 0 Å². The first-order chi connectivity index (χ1) is 7.81. The topological polar surface area (TPSA) is 29.9 Å². The van der Waals surface area contributed by atoms with Crippen molar-refractivity contribution in [3.05, 3.63) is 30.1 Å². The van der Waals surface area contributed by atoms with Crippen LogP contribution < -0.4 is 5.32 Å². The van der Waals surface area contributed by atoms with Crippen LogP contribution in [-0.2, 0) is 13.5 Å². The molecule has 0 saturated carbocycles. The Morgan fingerprint density at radius 3 is 3.06 bits per heavy atom. The van der Waals surface area contributed by atoms with E-state index in [1.54, 1.807) is 0 Å². The molecule has 2 rings (SSSR count). The van der Waals surface area contributed by atoms with Gasteiger partial charge in [0.05, 0.1) is 17.4 Å². The van der Waals surface area contributed by atoms with E-state index in [9.17, 15) is 0 Å². The highest BCUT2D eigenvalue weighted by Gasteiger charge is 2.00. The van der Waals surface area contributed by atoms with E-state index in [-0.39, 0.29) is 0 Å². The zero-order chi connectivity index (χ0) is 11.4. The highest BCUT2D eigenvalue weighted by Crippen LogP contribution is 2.14. The minimum Gasteiger partial charge on any atom is -0.334 e. The highest BCUT2D eigenvalue weighted by molar-refractivity contribution is 5.75. The lowest BCUT2D eigenvalue weighted by Gasteiger charge is -2.03. The maximum atomic E-state index is 4.37. The molecule has 0 bridgehead atoms. The van der Waals surface area contributed by atoms with E-state index in [1.807, 2.05) is 13.4 Å². The predicted octanol–water partition coefficient (Wildman–Crippen LogP) is 2.12. The summed E-state index contributed by atoms with van der Waals surface area (Å²) in [6.07, 6.45) is 4.18. The van der Waals surface area contributed by atoms with Crippen molar-refractivity contribution >= 4 is 11.0 Å². The van der Waals surface area contributed by atoms with Gasteiger partial charge in [-0.1, -0.05) is 13.0 Å². The lowest BCUT2D eigenvalue weighted by Crippen LogP contribution is -2.14. The molecule has 86 valence electrons. The van der Waals surface area contributed by atoms with Gasteiger partial charge in [0.25, 0.3) is 0 Å². The summed E-state index contributed by atoms with van der Waals surface area (Å²) in [5.74, 6) is 0. The van der Waals surface area contributed by atoms with Gasteiger partial charge in [0, 0.05) is 7.05 Å². The lowest BCUT2D eigenvalue weighted by molar-refractivity contribution is 0.673. The molecule has 0 radical (unpaired) electrons. The number of hydrogen-bond donors (Lipinski definition) is 1. The standard InChI is InChI=1S/C13H19N3/c1-3-14-8-4-5-11-6-7-13-12(9-11)15-10-16(13)2/h6-7,9-10,14H,3-5,8H2,1-2H3. The van der Waals surface area contributed by atoms with E-state index >= 15 is 0 Å². The molecule has 16 heavy (non-hydrogen) atoms. The molecule has 0 aliphatic heterocycles. The van der Waals surface area contributed by atoms with Crippen LogP contribution in [0.4, 0.5) is 0 Å². The molecule has 1 N–H and O–H groups in total. The van der Waals surface area contributed by atoms with Gasteiger partial charge in [-0.25, -0.2) is 4.98 Å². The van der Waals surface area contributed by atoms with Crippen LogP contribution in [-0.4, -0.2) is 22.6 Å². The number of nitrogens with zero attached hydrogens (tertiary/aromatic N) is 2. The summed E-state index contributed by atoms with van der Waals surface area (Å²) in [7, 11) is 2.03. The average Bonchev–Trinajstić information content (AvgIpc) is 2.66. The Morgan fingerprint density at radius 2 is 2.25 bits per heavy atom. The normalized spacial score (nSPS) is 11.1. The van der Waals surface area contributed by atoms with Crippen LogP contribution in [0, 0.1) is 0 Å². The molecule has 2 aromatic rings. The third-order valence-electron chi connectivity index (χ3n) is 2.86. The van der Waals surface area contributed by atoms with Gasteiger partial charge in [-0.2, -0.15) is 0 Å². The second kappa shape index (κ2) is 5.12. The molecule has 3 nitrogen and oxygen atoms in total. The van der Waals surface area contributed by atoms with Crippen molar-refractivity contribution in [2.45, 2.75) is 19.8 Å². The zero-order valence-electron chi connectivity index (χ0n) is 10.0. The summed E-state index contributed by atoms with van der Waals surface area (Å²) in [5, 5.41) is 3.34. The molecule has 0 spiro atoms. The fourth-order valence-corrected chi connectivity index (χ4v) is 1.93. The van der Waals surface area contributed by atoms with Crippen LogP contribution in [0.15, 0.2) is 24.5 Å². The fraction of sp³-hybridized carbons (Fsp3) is 0.462. The van der Waals surface area contributed by atoms with Crippen molar-refractivity contribution in [2.24, 2.45) is 7.05 Å². The van der Waals surface area contributed by atoms with Crippen LogP contribution in [0.25, 0.3) is 11.0 Å². The van der Waals surface area contributed by atoms with Crippen molar-refractivity contribution in [1.29, 1.82) is 0 Å². The summed E-state index contributed by atoms with van der Waals surface area (Å²) in [4.78, 5) is 4.37. The molecule has 0 fully saturated rings. The minimum atomic E-state index is 1.05. The van der Waals surface area contributed by atoms with E-state index in [0.29, 0.717) is 0 Å². The number of aryl methyl sites for hydroxylation is 2. The summed E-state index contributed by atoms with van der Waals surface area (Å²) in [5.41, 5.74) is 3.68. The summed E-state index contributed by atoms with van der Waals surface area (Å²) >= 11 is 0. The molecule has 0 aliphatic carbocycles. The van der Waals surface area contributed by atoms with Crippen LogP contribution in [0.1, 0.15) is 18.9 Å². The summed E-state index contributed by atoms with van der Waals surface area (Å²) in [6, 6.07) is 6.56. The van der Waals surface area contributed by atoms with Crippen molar-refractivity contribution < 1.29 is 0 Å². The third-order valence-corrected chi connectivity index (χ3v) is 2.86. The van der Waals surface area contributed by atoms with Crippen LogP contribution >= 0.6 is 0 Å². The smallest absolute Gasteiger partial charge is 0.0955 e. The van der Waals surface area contributed by atoms with Crippen molar-refractivity contribution in [2.75, 3.05) is 13.1 Å². The molecular formula is C13H19N3. The molecule has 1 aromatic carbocycles. The predicted molar refractivity (Wildman–Crippen MR) is 67.6 cm³/mol. The van der Waals surface area contributed by atoms with Crippen LogP contribution in [0.2, 0.25) is 0 Å². The molecule has 0 saturated heterocycles. The quantitative estimate of drug-likeness (QED) is 0.777. The van der Waals surface area contributed by atoms with Gasteiger partial charge in [0.1, 0.15) is 0 Å². The monoisotopic (exact) mass is 217 g/mol. The molecule has 0 unspecified atom stereocenters. The Bertz CT molecular complexity index is 459. The first kappa shape index (κ1) is 11.1. The number of imidazole rings is 1. The zero-order valence-corrected chi connectivity index (χ0v) is 10.0. The largest absolute Gasteiger partial charge is 0.334 e. The van der Waals surface area contributed by atoms with Gasteiger partial charge < -0.3 is 9.88 Å². The van der Waals surface area contributed by atoms with Gasteiger partial charge in [-0.3, -0.25) is 0 Å². The van der Waals surface area contributed by atoms with E-state index < -0.39 is 0 Å². The maximum Gasteiger partial charge on any atom is 0.0955 e. The maximum absolute atomic E-state index is 4.37. The highest BCUT2D eigenvalue weighted by atomic mass is 15.0. The fourth-order valence-electron chi connectivity index (χ4n) is 1.93. The Morgan fingerprint density at radius 1 is 1.38 bits per heavy atom. The molecular weight excluding hydrogens is 198 g/mol. The van der Waals surface area contributed by atoms with Crippen LogP contribution in [0.3, 0.4) is 0 Å². The van der Waals surface area contributed by atoms with Gasteiger partial charge in [-0.15, -0.1) is 0 Å². The molecule has 3 heteroatoms. The first-order valence-electron chi connectivity index (χ1n) is 5.92. The molecule has 1 aromatic heterocycles. The number of benzene rings is 1. The second-order valence-electron chi connectivity index (χ2n) is 4.14. The number of hydrogen-bond acceptors (Lipinski definition) is 2. The lowest BCUT2D eigenvalue weighted by atomic mass is 10.1. The van der Waals surface area contributed by atoms with Crippen LogP contribution in [0.5, 0.6) is 0 Å². The van der Waals surface area contributed by atoms with Gasteiger partial charge in [0.2, 0.25) is 0 Å². The minimum absolute atomic E-state index is 1.05. The van der Waals surface area contributed by atoms with E-state index in [2.05, 4.69) is 40.0 Å². The van der Waals surface area contributed by atoms with Crippen molar-refractivity contribution in [1.82, 2.24) is 14.9 Å². The summed E-state index contributed by atoms with van der Waals surface area (Å²) < 4.78 is 2.05. The van der Waals surface area contributed by atoms with Crippen molar-refractivity contribution in [3.8, 4) is 0 Å². The first-order valence-corrected chi connectivity index (χ1v) is 5.92. The SMILES string of the molecule is CCNCCCc1ccc2c(c1)ncn2C. The number of nitrogens with one attached hydrogen (secondary N) is 1. The number of fused-ring (bicyclic) bond motifs is 1. The average molecular weight is 217 g/mol. The van der Waals surface area contributed by atoms with E-state index in [1.165, 1.54) is 17.5 Å². The summed E-state index contributed by atoms with van der Waals surface area (Å²) in [6.45, 7) is 4.29. The molecule has 1 heterocycles. The van der Waals surface area contributed by atoms with E-state index in [0.717, 1.165) is 25.0 Å². The Hall–Kier alpha value is -1.35. The molecule has 0 atom stereocenters. The van der Waals surface area contributed by atoms with Gasteiger partial charge in [-0.05, 0) is 43.6 Å².